The third kappa shape index (κ3) is 2.24. The van der Waals surface area contributed by atoms with Crippen molar-refractivity contribution in [2.45, 2.75) is 69.1 Å². The molecule has 2 unspecified atom stereocenters. The van der Waals surface area contributed by atoms with Crippen molar-refractivity contribution in [3.8, 4) is 0 Å². The second kappa shape index (κ2) is 6.34. The Hall–Kier alpha value is -1.40. The Morgan fingerprint density at radius 2 is 2.04 bits per heavy atom. The zero-order chi connectivity index (χ0) is 18.5. The van der Waals surface area contributed by atoms with E-state index in [1.54, 1.807) is 6.92 Å². The van der Waals surface area contributed by atoms with Gasteiger partial charge in [-0.15, -0.1) is 0 Å². The lowest BCUT2D eigenvalue weighted by Gasteiger charge is -2.55. The molecule has 3 fully saturated rings. The van der Waals surface area contributed by atoms with Gasteiger partial charge in [0.25, 0.3) is 0 Å². The number of carbonyl (C=O) groups is 2. The molecular formula is C20H29NO5. The van der Waals surface area contributed by atoms with Gasteiger partial charge in [0.2, 0.25) is 11.4 Å². The third-order valence-corrected chi connectivity index (χ3v) is 7.46. The lowest BCUT2D eigenvalue weighted by Crippen LogP contribution is -2.80. The number of esters is 1. The Bertz CT molecular complexity index is 628. The van der Waals surface area contributed by atoms with E-state index >= 15 is 0 Å². The first-order valence-corrected chi connectivity index (χ1v) is 9.96. The lowest BCUT2D eigenvalue weighted by atomic mass is 9.61. The van der Waals surface area contributed by atoms with Crippen molar-refractivity contribution < 1.29 is 24.5 Å². The number of fused-ring (bicyclic) bond motifs is 1. The van der Waals surface area contributed by atoms with Gasteiger partial charge in [-0.25, -0.2) is 4.79 Å². The van der Waals surface area contributed by atoms with Gasteiger partial charge < -0.3 is 20.3 Å². The van der Waals surface area contributed by atoms with E-state index in [0.29, 0.717) is 11.8 Å². The minimum atomic E-state index is -1.40. The molecule has 0 aromatic heterocycles. The molecule has 0 aromatic carbocycles. The van der Waals surface area contributed by atoms with Crippen LogP contribution in [0.3, 0.4) is 0 Å². The molecule has 144 valence electrons. The summed E-state index contributed by atoms with van der Waals surface area (Å²) < 4.78 is 5.44. The fourth-order valence-corrected chi connectivity index (χ4v) is 6.03. The number of amides is 1. The molecule has 4 rings (SSSR count). The number of aliphatic hydroxyl groups is 2. The van der Waals surface area contributed by atoms with E-state index in [9.17, 15) is 19.8 Å². The Kier molecular flexibility index (Phi) is 4.39. The van der Waals surface area contributed by atoms with E-state index in [0.717, 1.165) is 12.8 Å². The highest BCUT2D eigenvalue weighted by Crippen LogP contribution is 2.54. The summed E-state index contributed by atoms with van der Waals surface area (Å²) in [5.74, 6) is -0.749. The van der Waals surface area contributed by atoms with Crippen LogP contribution in [0, 0.1) is 23.7 Å². The summed E-state index contributed by atoms with van der Waals surface area (Å²) >= 11 is 0. The summed E-state index contributed by atoms with van der Waals surface area (Å²) in [6.45, 7) is 1.55. The topological polar surface area (TPSA) is 95.9 Å². The second-order valence-electron chi connectivity index (χ2n) is 8.59. The molecular weight excluding hydrogens is 334 g/mol. The zero-order valence-corrected chi connectivity index (χ0v) is 15.3. The maximum Gasteiger partial charge on any atom is 0.339 e. The van der Waals surface area contributed by atoms with Crippen LogP contribution in [-0.2, 0) is 14.3 Å². The number of ether oxygens (including phenoxy) is 1. The Morgan fingerprint density at radius 3 is 2.69 bits per heavy atom. The molecule has 6 atom stereocenters. The highest BCUT2D eigenvalue weighted by atomic mass is 16.6. The van der Waals surface area contributed by atoms with Crippen LogP contribution in [0.1, 0.15) is 51.9 Å². The van der Waals surface area contributed by atoms with E-state index in [1.807, 2.05) is 6.08 Å². The van der Waals surface area contributed by atoms with Crippen molar-refractivity contribution in [3.05, 3.63) is 12.2 Å². The predicted molar refractivity (Wildman–Crippen MR) is 93.9 cm³/mol. The van der Waals surface area contributed by atoms with E-state index in [1.165, 1.54) is 25.7 Å². The molecule has 0 radical (unpaired) electrons. The van der Waals surface area contributed by atoms with Gasteiger partial charge in [0.1, 0.15) is 0 Å². The van der Waals surface area contributed by atoms with Gasteiger partial charge in [-0.2, -0.15) is 0 Å². The summed E-state index contributed by atoms with van der Waals surface area (Å²) in [5.41, 5.74) is -2.50. The number of aliphatic hydroxyl groups excluding tert-OH is 2. The number of allylic oxidation sites excluding steroid dienone is 1. The molecule has 0 bridgehead atoms. The Balaban J connectivity index is 1.66. The van der Waals surface area contributed by atoms with Crippen molar-refractivity contribution in [2.75, 3.05) is 6.61 Å². The van der Waals surface area contributed by atoms with Gasteiger partial charge in [0, 0.05) is 12.5 Å². The summed E-state index contributed by atoms with van der Waals surface area (Å²) in [6.07, 6.45) is 10.2. The van der Waals surface area contributed by atoms with Gasteiger partial charge in [0.15, 0.2) is 5.60 Å². The fraction of sp³-hybridized carbons (Fsp3) is 0.800. The number of hydrogen-bond acceptors (Lipinski definition) is 5. The van der Waals surface area contributed by atoms with Crippen LogP contribution in [0.25, 0.3) is 0 Å². The van der Waals surface area contributed by atoms with Gasteiger partial charge in [-0.05, 0) is 38.0 Å². The molecule has 3 N–H and O–H groups in total. The van der Waals surface area contributed by atoms with Crippen molar-refractivity contribution in [1.82, 2.24) is 5.32 Å². The minimum Gasteiger partial charge on any atom is -0.453 e. The quantitative estimate of drug-likeness (QED) is 0.505. The molecule has 0 spiro atoms. The van der Waals surface area contributed by atoms with E-state index in [-0.39, 0.29) is 24.9 Å². The maximum atomic E-state index is 12.6. The van der Waals surface area contributed by atoms with Crippen LogP contribution in [0.15, 0.2) is 12.2 Å². The van der Waals surface area contributed by atoms with Crippen LogP contribution in [0.5, 0.6) is 0 Å². The minimum absolute atomic E-state index is 0.160. The van der Waals surface area contributed by atoms with Gasteiger partial charge in [0.05, 0.1) is 12.0 Å². The van der Waals surface area contributed by atoms with Crippen molar-refractivity contribution >= 4 is 11.9 Å². The number of nitrogens with one attached hydrogen (secondary N) is 1. The van der Waals surface area contributed by atoms with Crippen LogP contribution in [0.2, 0.25) is 0 Å². The molecule has 2 heterocycles. The van der Waals surface area contributed by atoms with Crippen LogP contribution in [-0.4, -0.2) is 45.9 Å². The first-order valence-electron chi connectivity index (χ1n) is 9.96. The smallest absolute Gasteiger partial charge is 0.339 e. The van der Waals surface area contributed by atoms with Crippen LogP contribution < -0.4 is 5.32 Å². The maximum absolute atomic E-state index is 12.6. The van der Waals surface area contributed by atoms with Gasteiger partial charge in [-0.1, -0.05) is 37.8 Å². The standard InChI is InChI=1S/C20H29NO5/c1-19-15(10-11-22)17(24)21-20(19,18(25)26-19)16(23)14-9-5-4-8-13(14)12-6-2-3-7-12/h5,9,12-16,22-23H,2-4,6-8,10-11H2,1H3,(H,21,24)/t13?,14-,15+,16?,19+,20+/m1/s1. The highest BCUT2D eigenvalue weighted by Gasteiger charge is 2.79. The predicted octanol–water partition coefficient (Wildman–Crippen LogP) is 1.30. The van der Waals surface area contributed by atoms with E-state index < -0.39 is 29.1 Å². The Morgan fingerprint density at radius 1 is 1.31 bits per heavy atom. The van der Waals surface area contributed by atoms with Crippen LogP contribution >= 0.6 is 0 Å². The normalized spacial score (nSPS) is 43.6. The van der Waals surface area contributed by atoms with Crippen molar-refractivity contribution in [1.29, 1.82) is 0 Å². The molecule has 1 saturated carbocycles. The number of carbonyl (C=O) groups excluding carboxylic acids is 2. The number of rotatable bonds is 5. The number of hydrogen-bond donors (Lipinski definition) is 3. The van der Waals surface area contributed by atoms with Crippen molar-refractivity contribution in [3.63, 3.8) is 0 Å². The lowest BCUT2D eigenvalue weighted by molar-refractivity contribution is -0.240. The molecule has 26 heavy (non-hydrogen) atoms. The second-order valence-corrected chi connectivity index (χ2v) is 8.59. The zero-order valence-electron chi connectivity index (χ0n) is 15.3. The average Bonchev–Trinajstić information content (AvgIpc) is 3.22. The molecule has 6 heteroatoms. The largest absolute Gasteiger partial charge is 0.453 e. The molecule has 6 nitrogen and oxygen atoms in total. The van der Waals surface area contributed by atoms with E-state index in [2.05, 4.69) is 11.4 Å². The SMILES string of the molecule is C[C@@]12OC(=O)[C@]1(C(O)[C@@H]1C=CCCC1C1CCCC1)NC(=O)[C@@H]2CCO. The van der Waals surface area contributed by atoms with Crippen molar-refractivity contribution in [2.24, 2.45) is 23.7 Å². The Labute approximate surface area is 154 Å². The molecule has 2 saturated heterocycles. The molecule has 2 aliphatic heterocycles. The molecule has 4 aliphatic rings. The first kappa shape index (κ1) is 18.0. The van der Waals surface area contributed by atoms with Gasteiger partial charge in [-0.3, -0.25) is 4.79 Å². The monoisotopic (exact) mass is 363 g/mol. The fourth-order valence-electron chi connectivity index (χ4n) is 6.03. The summed E-state index contributed by atoms with van der Waals surface area (Å²) in [5, 5.41) is 23.5. The molecule has 1 amide bonds. The molecule has 2 aliphatic carbocycles. The first-order chi connectivity index (χ1) is 12.5. The summed E-state index contributed by atoms with van der Waals surface area (Å²) in [7, 11) is 0. The van der Waals surface area contributed by atoms with Crippen LogP contribution in [0.4, 0.5) is 0 Å². The average molecular weight is 363 g/mol. The van der Waals surface area contributed by atoms with Gasteiger partial charge >= 0.3 is 5.97 Å². The third-order valence-electron chi connectivity index (χ3n) is 7.46. The molecule has 0 aromatic rings. The summed E-state index contributed by atoms with van der Waals surface area (Å²) in [4.78, 5) is 25.1. The summed E-state index contributed by atoms with van der Waals surface area (Å²) in [6, 6.07) is 0. The highest BCUT2D eigenvalue weighted by molar-refractivity contribution is 6.01. The van der Waals surface area contributed by atoms with E-state index in [4.69, 9.17) is 4.74 Å².